The van der Waals surface area contributed by atoms with Crippen molar-refractivity contribution in [1.82, 2.24) is 19.9 Å². The van der Waals surface area contributed by atoms with Crippen molar-refractivity contribution in [3.8, 4) is 6.07 Å². The molecule has 10 nitrogen and oxygen atoms in total. The zero-order chi connectivity index (χ0) is 26.9. The van der Waals surface area contributed by atoms with Crippen LogP contribution in [0.2, 0.25) is 0 Å². The Morgan fingerprint density at radius 1 is 1.00 bits per heavy atom. The number of rotatable bonds is 5. The van der Waals surface area contributed by atoms with E-state index in [1.165, 1.54) is 0 Å². The highest BCUT2D eigenvalue weighted by Crippen LogP contribution is 2.30. The van der Waals surface area contributed by atoms with E-state index >= 15 is 0 Å². The lowest BCUT2D eigenvalue weighted by Crippen LogP contribution is -2.54. The average molecular weight is 532 g/mol. The van der Waals surface area contributed by atoms with Gasteiger partial charge in [0.1, 0.15) is 18.1 Å². The number of halogens is 1. The van der Waals surface area contributed by atoms with Gasteiger partial charge in [0.15, 0.2) is 0 Å². The third-order valence-corrected chi connectivity index (χ3v) is 7.89. The summed E-state index contributed by atoms with van der Waals surface area (Å²) >= 11 is 0. The molecule has 204 valence electrons. The van der Waals surface area contributed by atoms with Gasteiger partial charge in [-0.1, -0.05) is 0 Å². The predicted molar refractivity (Wildman–Crippen MR) is 149 cm³/mol. The van der Waals surface area contributed by atoms with E-state index in [4.69, 9.17) is 15.5 Å². The Morgan fingerprint density at radius 3 is 2.62 bits per heavy atom. The van der Waals surface area contributed by atoms with E-state index in [0.717, 1.165) is 68.2 Å². The first-order valence-corrected chi connectivity index (χ1v) is 13.6. The molecular formula is C28H34FN9O. The largest absolute Gasteiger partial charge is 0.370 e. The van der Waals surface area contributed by atoms with Crippen molar-refractivity contribution in [2.75, 3.05) is 73.6 Å². The quantitative estimate of drug-likeness (QED) is 0.523. The normalized spacial score (nSPS) is 26.3. The average Bonchev–Trinajstić information content (AvgIpc) is 3.30. The number of ether oxygens (including phenoxy) is 1. The maximum atomic E-state index is 13.9. The number of benzene rings is 1. The number of hydrogen-bond donors (Lipinski definition) is 1. The molecule has 0 bridgehead atoms. The fourth-order valence-electron chi connectivity index (χ4n) is 5.93. The van der Waals surface area contributed by atoms with E-state index in [-0.39, 0.29) is 18.8 Å². The molecule has 3 aliphatic heterocycles. The lowest BCUT2D eigenvalue weighted by atomic mass is 10.1. The number of aromatic nitrogens is 3. The lowest BCUT2D eigenvalue weighted by Gasteiger charge is -2.42. The van der Waals surface area contributed by atoms with Gasteiger partial charge >= 0.3 is 0 Å². The Kier molecular flexibility index (Phi) is 7.16. The van der Waals surface area contributed by atoms with Crippen molar-refractivity contribution >= 4 is 28.4 Å². The highest BCUT2D eigenvalue weighted by molar-refractivity contribution is 5.95. The van der Waals surface area contributed by atoms with Gasteiger partial charge in [-0.3, -0.25) is 9.88 Å². The van der Waals surface area contributed by atoms with Crippen LogP contribution >= 0.6 is 0 Å². The molecule has 4 atom stereocenters. The van der Waals surface area contributed by atoms with Crippen LogP contribution in [-0.4, -0.2) is 103 Å². The molecule has 6 rings (SSSR count). The van der Waals surface area contributed by atoms with E-state index in [1.54, 1.807) is 12.4 Å². The number of anilines is 3. The standard InChI is InChI=1S/C28H34FN9O/c1-19-14-37(25-5-4-20(13-30)27-22(25)3-2-7-32-27)16-21(39-19)15-35-9-11-36(12-10-35)26-6-8-33-28(34-26)38-17-23(29)24(31)18-38/h2-8,19,21,23-24H,9-12,14-18,31H2,1H3/t19-,21+,23+,24-/m1/s1. The number of pyridine rings is 1. The second-order valence-electron chi connectivity index (χ2n) is 10.7. The van der Waals surface area contributed by atoms with Crippen LogP contribution in [0, 0.1) is 11.3 Å². The Morgan fingerprint density at radius 2 is 1.85 bits per heavy atom. The highest BCUT2D eigenvalue weighted by atomic mass is 19.1. The van der Waals surface area contributed by atoms with Crippen molar-refractivity contribution < 1.29 is 9.13 Å². The molecule has 2 N–H and O–H groups in total. The van der Waals surface area contributed by atoms with Gasteiger partial charge in [0.2, 0.25) is 5.95 Å². The highest BCUT2D eigenvalue weighted by Gasteiger charge is 2.32. The predicted octanol–water partition coefficient (Wildman–Crippen LogP) is 1.80. The summed E-state index contributed by atoms with van der Waals surface area (Å²) in [6, 6.07) is 11.6. The van der Waals surface area contributed by atoms with Crippen molar-refractivity contribution in [3.05, 3.63) is 48.3 Å². The van der Waals surface area contributed by atoms with E-state index < -0.39 is 12.2 Å². The number of nitrogens with two attached hydrogens (primary N) is 1. The van der Waals surface area contributed by atoms with Gasteiger partial charge in [-0.05, 0) is 37.3 Å². The molecule has 0 amide bonds. The summed E-state index contributed by atoms with van der Waals surface area (Å²) in [7, 11) is 0. The van der Waals surface area contributed by atoms with Crippen LogP contribution in [0.15, 0.2) is 42.7 Å². The zero-order valence-electron chi connectivity index (χ0n) is 22.2. The Labute approximate surface area is 227 Å². The molecule has 2 aromatic heterocycles. The van der Waals surface area contributed by atoms with Crippen molar-refractivity contribution in [1.29, 1.82) is 5.26 Å². The van der Waals surface area contributed by atoms with Gasteiger partial charge in [0, 0.05) is 75.8 Å². The molecular weight excluding hydrogens is 497 g/mol. The SMILES string of the molecule is C[C@@H]1CN(c2ccc(C#N)c3ncccc23)C[C@H](CN2CCN(c3ccnc(N4C[C@@H](N)[C@@H](F)C4)n3)CC2)O1. The minimum atomic E-state index is -1.05. The van der Waals surface area contributed by atoms with Crippen LogP contribution < -0.4 is 20.4 Å². The number of fused-ring (bicyclic) bond motifs is 1. The number of alkyl halides is 1. The third kappa shape index (κ3) is 5.32. The lowest BCUT2D eigenvalue weighted by molar-refractivity contribution is -0.0327. The molecule has 0 radical (unpaired) electrons. The summed E-state index contributed by atoms with van der Waals surface area (Å²) in [6.07, 6.45) is 2.60. The second-order valence-corrected chi connectivity index (χ2v) is 10.7. The molecule has 3 saturated heterocycles. The molecule has 3 aromatic rings. The van der Waals surface area contributed by atoms with Crippen molar-refractivity contribution in [3.63, 3.8) is 0 Å². The summed E-state index contributed by atoms with van der Waals surface area (Å²) < 4.78 is 20.3. The van der Waals surface area contributed by atoms with Crippen molar-refractivity contribution in [2.45, 2.75) is 31.3 Å². The van der Waals surface area contributed by atoms with E-state index in [9.17, 15) is 9.65 Å². The monoisotopic (exact) mass is 531 g/mol. The minimum Gasteiger partial charge on any atom is -0.370 e. The number of piperazine rings is 1. The molecule has 3 aliphatic rings. The fraction of sp³-hybridized carbons (Fsp3) is 0.500. The van der Waals surface area contributed by atoms with Gasteiger partial charge in [-0.25, -0.2) is 9.37 Å². The summed E-state index contributed by atoms with van der Waals surface area (Å²) in [5.74, 6) is 1.41. The first-order valence-electron chi connectivity index (χ1n) is 13.6. The molecule has 0 saturated carbocycles. The molecule has 1 aromatic carbocycles. The summed E-state index contributed by atoms with van der Waals surface area (Å²) in [5, 5.41) is 10.5. The van der Waals surface area contributed by atoms with Crippen molar-refractivity contribution in [2.24, 2.45) is 5.73 Å². The van der Waals surface area contributed by atoms with E-state index in [1.807, 2.05) is 35.2 Å². The number of nitriles is 1. The summed E-state index contributed by atoms with van der Waals surface area (Å²) in [5.41, 5.74) is 8.29. The molecule has 3 fully saturated rings. The maximum absolute atomic E-state index is 13.9. The summed E-state index contributed by atoms with van der Waals surface area (Å²) in [4.78, 5) is 22.5. The number of morpholine rings is 1. The van der Waals surface area contributed by atoms with E-state index in [0.29, 0.717) is 18.1 Å². The minimum absolute atomic E-state index is 0.0707. The van der Waals surface area contributed by atoms with Gasteiger partial charge in [0.25, 0.3) is 0 Å². The first-order chi connectivity index (χ1) is 19.0. The maximum Gasteiger partial charge on any atom is 0.227 e. The Bertz CT molecular complexity index is 1350. The topological polar surface area (TPSA) is 111 Å². The molecule has 39 heavy (non-hydrogen) atoms. The summed E-state index contributed by atoms with van der Waals surface area (Å²) in [6.45, 7) is 8.71. The third-order valence-electron chi connectivity index (χ3n) is 7.89. The first kappa shape index (κ1) is 25.7. The molecule has 0 unspecified atom stereocenters. The molecule has 11 heteroatoms. The van der Waals surface area contributed by atoms with Crippen LogP contribution in [0.1, 0.15) is 12.5 Å². The fourth-order valence-corrected chi connectivity index (χ4v) is 5.93. The Hall–Kier alpha value is -3.59. The zero-order valence-corrected chi connectivity index (χ0v) is 22.2. The van der Waals surface area contributed by atoms with Crippen LogP contribution in [0.25, 0.3) is 10.9 Å². The van der Waals surface area contributed by atoms with Crippen LogP contribution in [0.5, 0.6) is 0 Å². The smallest absolute Gasteiger partial charge is 0.227 e. The molecule has 0 spiro atoms. The van der Waals surface area contributed by atoms with Gasteiger partial charge in [0.05, 0.1) is 35.9 Å². The Balaban J connectivity index is 1.08. The molecule has 0 aliphatic carbocycles. The second kappa shape index (κ2) is 10.9. The van der Waals surface area contributed by atoms with Gasteiger partial charge in [-0.15, -0.1) is 0 Å². The molecule has 5 heterocycles. The van der Waals surface area contributed by atoms with Crippen LogP contribution in [0.3, 0.4) is 0 Å². The van der Waals surface area contributed by atoms with E-state index in [2.05, 4.69) is 37.7 Å². The number of hydrogen-bond acceptors (Lipinski definition) is 10. The number of nitrogens with zero attached hydrogens (tertiary/aromatic N) is 8. The van der Waals surface area contributed by atoms with Gasteiger partial charge in [-0.2, -0.15) is 10.2 Å². The van der Waals surface area contributed by atoms with Gasteiger partial charge < -0.3 is 25.2 Å². The van der Waals surface area contributed by atoms with Crippen LogP contribution in [0.4, 0.5) is 21.8 Å². The van der Waals surface area contributed by atoms with Crippen LogP contribution in [-0.2, 0) is 4.74 Å².